The van der Waals surface area contributed by atoms with E-state index in [1.807, 2.05) is 11.4 Å². The van der Waals surface area contributed by atoms with Crippen LogP contribution in [-0.4, -0.2) is 5.75 Å². The lowest BCUT2D eigenvalue weighted by atomic mass is 10.3. The molecule has 0 saturated heterocycles. The topological polar surface area (TPSA) is 23.8 Å². The number of hydrogen-bond acceptors (Lipinski definition) is 3. The maximum atomic E-state index is 8.46. The van der Waals surface area contributed by atoms with E-state index in [-0.39, 0.29) is 0 Å². The minimum absolute atomic E-state index is 0.766. The molecule has 1 heterocycles. The normalized spacial score (nSPS) is 9.20. The van der Waals surface area contributed by atoms with Gasteiger partial charge >= 0.3 is 0 Å². The molecule has 1 aromatic heterocycles. The zero-order valence-corrected chi connectivity index (χ0v) is 7.08. The molecule has 10 heavy (non-hydrogen) atoms. The van der Waals surface area contributed by atoms with E-state index in [1.165, 1.54) is 4.88 Å². The summed E-state index contributed by atoms with van der Waals surface area (Å²) in [5.41, 5.74) is 0.766. The molecule has 0 aliphatic rings. The largest absolute Gasteiger partial charge is 0.192 e. The van der Waals surface area contributed by atoms with Crippen molar-refractivity contribution in [1.82, 2.24) is 0 Å². The Balaban J connectivity index is 2.71. The number of nitriles is 1. The van der Waals surface area contributed by atoms with E-state index in [0.29, 0.717) is 0 Å². The van der Waals surface area contributed by atoms with Gasteiger partial charge in [0.25, 0.3) is 0 Å². The Morgan fingerprint density at radius 2 is 2.50 bits per heavy atom. The molecule has 1 nitrogen and oxygen atoms in total. The van der Waals surface area contributed by atoms with Crippen LogP contribution in [0.15, 0.2) is 11.4 Å². The van der Waals surface area contributed by atoms with Crippen LogP contribution in [0.5, 0.6) is 0 Å². The first kappa shape index (κ1) is 7.64. The molecule has 0 amide bonds. The molecule has 0 aromatic carbocycles. The van der Waals surface area contributed by atoms with Crippen LogP contribution in [0.25, 0.3) is 0 Å². The lowest BCUT2D eigenvalue weighted by molar-refractivity contribution is 1.21. The van der Waals surface area contributed by atoms with Crippen molar-refractivity contribution in [1.29, 1.82) is 5.26 Å². The number of aryl methyl sites for hydroxylation is 1. The van der Waals surface area contributed by atoms with Crippen molar-refractivity contribution in [3.63, 3.8) is 0 Å². The molecule has 1 rings (SSSR count). The number of nitrogens with zero attached hydrogens (tertiary/aromatic N) is 1. The van der Waals surface area contributed by atoms with Gasteiger partial charge in [-0.15, -0.1) is 11.3 Å². The summed E-state index contributed by atoms with van der Waals surface area (Å²) in [4.78, 5) is 1.24. The first-order chi connectivity index (χ1) is 4.86. The van der Waals surface area contributed by atoms with Gasteiger partial charge in [-0.2, -0.15) is 17.9 Å². The Morgan fingerprint density at radius 1 is 1.70 bits per heavy atom. The van der Waals surface area contributed by atoms with Gasteiger partial charge in [-0.1, -0.05) is 0 Å². The van der Waals surface area contributed by atoms with Crippen LogP contribution in [-0.2, 0) is 6.42 Å². The molecule has 0 spiro atoms. The minimum Gasteiger partial charge on any atom is -0.192 e. The summed E-state index contributed by atoms with van der Waals surface area (Å²) in [6.45, 7) is 0. The summed E-state index contributed by atoms with van der Waals surface area (Å²) >= 11 is 5.72. The Kier molecular flexibility index (Phi) is 2.79. The molecule has 1 aromatic rings. The summed E-state index contributed by atoms with van der Waals surface area (Å²) in [5.74, 6) is 0.853. The fraction of sp³-hybridized carbons (Fsp3) is 0.286. The third kappa shape index (κ3) is 1.76. The first-order valence-corrected chi connectivity index (χ1v) is 4.46. The average Bonchev–Trinajstić information content (AvgIpc) is 2.37. The standard InChI is InChI=1S/C7H7NS2/c8-4-6-3-7(1-2-9)10-5-6/h3,5,9H,1-2H2. The predicted octanol–water partition coefficient (Wildman–Crippen LogP) is 2.09. The van der Waals surface area contributed by atoms with E-state index in [1.54, 1.807) is 11.3 Å². The highest BCUT2D eigenvalue weighted by molar-refractivity contribution is 7.80. The van der Waals surface area contributed by atoms with Crippen molar-refractivity contribution >= 4 is 24.0 Å². The minimum atomic E-state index is 0.766. The van der Waals surface area contributed by atoms with Gasteiger partial charge in [0.1, 0.15) is 0 Å². The van der Waals surface area contributed by atoms with E-state index in [0.717, 1.165) is 17.7 Å². The molecule has 0 unspecified atom stereocenters. The maximum Gasteiger partial charge on any atom is 0.1000 e. The van der Waals surface area contributed by atoms with Crippen LogP contribution in [0.3, 0.4) is 0 Å². The van der Waals surface area contributed by atoms with E-state index in [9.17, 15) is 0 Å². The second-order valence-electron chi connectivity index (χ2n) is 1.89. The van der Waals surface area contributed by atoms with Crippen molar-refractivity contribution < 1.29 is 0 Å². The Bertz CT molecular complexity index is 246. The van der Waals surface area contributed by atoms with E-state index in [4.69, 9.17) is 5.26 Å². The number of rotatable bonds is 2. The lowest BCUT2D eigenvalue weighted by Gasteiger charge is -1.85. The molecule has 0 N–H and O–H groups in total. The highest BCUT2D eigenvalue weighted by Crippen LogP contribution is 2.14. The Hall–Kier alpha value is -0.460. The van der Waals surface area contributed by atoms with Crippen LogP contribution in [0.1, 0.15) is 10.4 Å². The second-order valence-corrected chi connectivity index (χ2v) is 3.33. The molecule has 0 aliphatic heterocycles. The zero-order valence-electron chi connectivity index (χ0n) is 5.37. The van der Waals surface area contributed by atoms with E-state index < -0.39 is 0 Å². The smallest absolute Gasteiger partial charge is 0.1000 e. The summed E-state index contributed by atoms with van der Waals surface area (Å²) < 4.78 is 0. The van der Waals surface area contributed by atoms with Crippen molar-refractivity contribution in [2.75, 3.05) is 5.75 Å². The van der Waals surface area contributed by atoms with E-state index in [2.05, 4.69) is 18.7 Å². The SMILES string of the molecule is N#Cc1csc(CCS)c1. The monoisotopic (exact) mass is 169 g/mol. The molecule has 0 bridgehead atoms. The summed E-state index contributed by atoms with van der Waals surface area (Å²) in [6, 6.07) is 4.01. The summed E-state index contributed by atoms with van der Waals surface area (Å²) in [5, 5.41) is 10.3. The van der Waals surface area contributed by atoms with Crippen LogP contribution < -0.4 is 0 Å². The van der Waals surface area contributed by atoms with E-state index >= 15 is 0 Å². The van der Waals surface area contributed by atoms with Gasteiger partial charge in [0.2, 0.25) is 0 Å². The molecular weight excluding hydrogens is 162 g/mol. The molecule has 0 aliphatic carbocycles. The van der Waals surface area contributed by atoms with Gasteiger partial charge in [0, 0.05) is 10.3 Å². The predicted molar refractivity (Wildman–Crippen MR) is 46.6 cm³/mol. The molecular formula is C7H7NS2. The van der Waals surface area contributed by atoms with Crippen LogP contribution in [0, 0.1) is 11.3 Å². The average molecular weight is 169 g/mol. The quantitative estimate of drug-likeness (QED) is 0.673. The van der Waals surface area contributed by atoms with Crippen molar-refractivity contribution in [3.05, 3.63) is 21.9 Å². The lowest BCUT2D eigenvalue weighted by Crippen LogP contribution is -1.77. The van der Waals surface area contributed by atoms with Gasteiger partial charge < -0.3 is 0 Å². The van der Waals surface area contributed by atoms with Crippen LogP contribution in [0.2, 0.25) is 0 Å². The van der Waals surface area contributed by atoms with Gasteiger partial charge in [0.15, 0.2) is 0 Å². The maximum absolute atomic E-state index is 8.46. The van der Waals surface area contributed by atoms with Gasteiger partial charge in [-0.3, -0.25) is 0 Å². The fourth-order valence-corrected chi connectivity index (χ4v) is 1.89. The number of hydrogen-bond donors (Lipinski definition) is 1. The molecule has 0 fully saturated rings. The van der Waals surface area contributed by atoms with Crippen molar-refractivity contribution in [2.24, 2.45) is 0 Å². The molecule has 3 heteroatoms. The van der Waals surface area contributed by atoms with Gasteiger partial charge in [-0.05, 0) is 18.2 Å². The molecule has 0 radical (unpaired) electrons. The number of thiol groups is 1. The molecule has 0 atom stereocenters. The third-order valence-electron chi connectivity index (χ3n) is 1.14. The highest BCUT2D eigenvalue weighted by atomic mass is 32.1. The Morgan fingerprint density at radius 3 is 3.00 bits per heavy atom. The second kappa shape index (κ2) is 3.65. The van der Waals surface area contributed by atoms with Crippen molar-refractivity contribution in [3.8, 4) is 6.07 Å². The van der Waals surface area contributed by atoms with Crippen molar-refractivity contribution in [2.45, 2.75) is 6.42 Å². The molecule has 52 valence electrons. The summed E-state index contributed by atoms with van der Waals surface area (Å²) in [6.07, 6.45) is 0.968. The third-order valence-corrected chi connectivity index (χ3v) is 2.36. The van der Waals surface area contributed by atoms with Crippen LogP contribution in [0.4, 0.5) is 0 Å². The fourth-order valence-electron chi connectivity index (χ4n) is 0.681. The molecule has 0 saturated carbocycles. The highest BCUT2D eigenvalue weighted by Gasteiger charge is 1.96. The zero-order chi connectivity index (χ0) is 7.40. The Labute approximate surface area is 69.7 Å². The van der Waals surface area contributed by atoms with Crippen LogP contribution >= 0.6 is 24.0 Å². The first-order valence-electron chi connectivity index (χ1n) is 2.95. The van der Waals surface area contributed by atoms with Gasteiger partial charge in [-0.25, -0.2) is 0 Å². The summed E-state index contributed by atoms with van der Waals surface area (Å²) in [7, 11) is 0. The van der Waals surface area contributed by atoms with Gasteiger partial charge in [0.05, 0.1) is 11.6 Å². The number of thiophene rings is 1.